The molecule has 2 aromatic rings. The van der Waals surface area contributed by atoms with Gasteiger partial charge in [0.1, 0.15) is 6.04 Å². The van der Waals surface area contributed by atoms with E-state index in [-0.39, 0.29) is 35.5 Å². The van der Waals surface area contributed by atoms with Crippen molar-refractivity contribution in [2.45, 2.75) is 55.3 Å². The summed E-state index contributed by atoms with van der Waals surface area (Å²) in [5.74, 6) is -1.85. The van der Waals surface area contributed by atoms with Gasteiger partial charge < -0.3 is 20.6 Å². The van der Waals surface area contributed by atoms with Crippen molar-refractivity contribution in [2.75, 3.05) is 11.9 Å². The van der Waals surface area contributed by atoms with Gasteiger partial charge >= 0.3 is 0 Å². The summed E-state index contributed by atoms with van der Waals surface area (Å²) in [6, 6.07) is 15.2. The Labute approximate surface area is 226 Å². The van der Waals surface area contributed by atoms with Crippen LogP contribution in [0.15, 0.2) is 54.6 Å². The van der Waals surface area contributed by atoms with Gasteiger partial charge in [-0.25, -0.2) is 0 Å². The first kappa shape index (κ1) is 26.1. The second-order valence-electron chi connectivity index (χ2n) is 10.5. The quantitative estimate of drug-likeness (QED) is 0.473. The lowest BCUT2D eigenvalue weighted by Crippen LogP contribution is -2.56. The zero-order chi connectivity index (χ0) is 26.3. The zero-order valence-corrected chi connectivity index (χ0v) is 22.5. The molecule has 3 fully saturated rings. The number of aliphatic hydroxyl groups is 1. The highest BCUT2D eigenvalue weighted by molar-refractivity contribution is 8.02. The van der Waals surface area contributed by atoms with Gasteiger partial charge in [0, 0.05) is 22.5 Å². The van der Waals surface area contributed by atoms with Crippen LogP contribution in [0.4, 0.5) is 5.69 Å². The van der Waals surface area contributed by atoms with Crippen LogP contribution in [-0.4, -0.2) is 56.4 Å². The second-order valence-corrected chi connectivity index (χ2v) is 12.5. The number of likely N-dealkylation sites (tertiary alicyclic amines) is 1. The first-order valence-electron chi connectivity index (χ1n) is 12.8. The number of hydrogen-bond donors (Lipinski definition) is 3. The molecule has 3 heterocycles. The number of halogens is 1. The molecule has 6 atom stereocenters. The lowest BCUT2D eigenvalue weighted by molar-refractivity contribution is -0.143. The van der Waals surface area contributed by atoms with Crippen molar-refractivity contribution >= 4 is 46.8 Å². The van der Waals surface area contributed by atoms with E-state index < -0.39 is 28.7 Å². The van der Waals surface area contributed by atoms with Gasteiger partial charge in [0.2, 0.25) is 17.7 Å². The normalized spacial score (nSPS) is 28.9. The Morgan fingerprint density at radius 1 is 1.14 bits per heavy atom. The first-order chi connectivity index (χ1) is 17.8. The molecule has 2 bridgehead atoms. The minimum atomic E-state index is -0.790. The summed E-state index contributed by atoms with van der Waals surface area (Å²) >= 11 is 7.63. The second kappa shape index (κ2) is 10.3. The maximum Gasteiger partial charge on any atom is 0.248 e. The number of nitrogens with one attached hydrogen (secondary N) is 2. The highest BCUT2D eigenvalue weighted by Crippen LogP contribution is 2.66. The summed E-state index contributed by atoms with van der Waals surface area (Å²) in [6.45, 7) is 4.00. The fraction of sp³-hybridized carbons (Fsp3) is 0.464. The number of aliphatic hydroxyl groups excluding tert-OH is 1. The first-order valence-corrected chi connectivity index (χ1v) is 14.0. The third-order valence-electron chi connectivity index (χ3n) is 8.02. The summed E-state index contributed by atoms with van der Waals surface area (Å²) < 4.78 is -0.713. The van der Waals surface area contributed by atoms with Crippen LogP contribution < -0.4 is 10.6 Å². The monoisotopic (exact) mass is 541 g/mol. The van der Waals surface area contributed by atoms with E-state index in [0.29, 0.717) is 23.7 Å². The average Bonchev–Trinajstić information content (AvgIpc) is 3.52. The van der Waals surface area contributed by atoms with Gasteiger partial charge in [-0.2, -0.15) is 0 Å². The maximum absolute atomic E-state index is 14.1. The molecule has 2 unspecified atom stereocenters. The van der Waals surface area contributed by atoms with Gasteiger partial charge in [-0.1, -0.05) is 55.8 Å². The SMILES string of the molecule is CC(C)[C@H](CO)N1C(=O)[C@@H]2[C@H](C(=O)NCc3ccccc3)[C@@H]3CCC2(S3)C1C(=O)Nc1ccc(Cl)cc1. The number of carbonyl (C=O) groups excluding carboxylic acids is 3. The predicted octanol–water partition coefficient (Wildman–Crippen LogP) is 3.70. The number of amides is 3. The van der Waals surface area contributed by atoms with Gasteiger partial charge in [-0.05, 0) is 48.6 Å². The smallest absolute Gasteiger partial charge is 0.248 e. The molecular formula is C28H32ClN3O4S. The van der Waals surface area contributed by atoms with Crippen LogP contribution in [0.2, 0.25) is 5.02 Å². The molecule has 3 aliphatic heterocycles. The highest BCUT2D eigenvalue weighted by Gasteiger charge is 2.74. The molecular weight excluding hydrogens is 510 g/mol. The fourth-order valence-electron chi connectivity index (χ4n) is 6.31. The van der Waals surface area contributed by atoms with Crippen LogP contribution in [0.25, 0.3) is 0 Å². The molecule has 3 N–H and O–H groups in total. The van der Waals surface area contributed by atoms with E-state index in [0.717, 1.165) is 12.0 Å². The maximum atomic E-state index is 14.1. The van der Waals surface area contributed by atoms with Gasteiger partial charge in [0.25, 0.3) is 0 Å². The van der Waals surface area contributed by atoms with Gasteiger partial charge in [-0.3, -0.25) is 14.4 Å². The van der Waals surface area contributed by atoms with Gasteiger partial charge in [0.05, 0.1) is 29.2 Å². The summed E-state index contributed by atoms with van der Waals surface area (Å²) in [4.78, 5) is 43.1. The van der Waals surface area contributed by atoms with Crippen molar-refractivity contribution in [1.82, 2.24) is 10.2 Å². The summed E-state index contributed by atoms with van der Waals surface area (Å²) in [5, 5.41) is 16.8. The Morgan fingerprint density at radius 2 is 1.84 bits per heavy atom. The van der Waals surface area contributed by atoms with Crippen LogP contribution in [0.1, 0.15) is 32.3 Å². The van der Waals surface area contributed by atoms with E-state index in [4.69, 9.17) is 11.6 Å². The van der Waals surface area contributed by atoms with Crippen LogP contribution in [-0.2, 0) is 20.9 Å². The van der Waals surface area contributed by atoms with Crippen LogP contribution in [0.3, 0.4) is 0 Å². The topological polar surface area (TPSA) is 98.7 Å². The van der Waals surface area contributed by atoms with Crippen LogP contribution in [0, 0.1) is 17.8 Å². The molecule has 7 nitrogen and oxygen atoms in total. The Balaban J connectivity index is 1.46. The Hall–Kier alpha value is -2.55. The van der Waals surface area contributed by atoms with Crippen molar-refractivity contribution in [2.24, 2.45) is 17.8 Å². The third kappa shape index (κ3) is 4.53. The Morgan fingerprint density at radius 3 is 2.49 bits per heavy atom. The van der Waals surface area contributed by atoms with Crippen molar-refractivity contribution in [3.05, 3.63) is 65.2 Å². The molecule has 3 saturated heterocycles. The van der Waals surface area contributed by atoms with E-state index in [9.17, 15) is 19.5 Å². The molecule has 1 spiro atoms. The van der Waals surface area contributed by atoms with Crippen molar-refractivity contribution in [1.29, 1.82) is 0 Å². The number of thioether (sulfide) groups is 1. The molecule has 0 aliphatic carbocycles. The molecule has 5 rings (SSSR count). The Bertz CT molecular complexity index is 1180. The molecule has 0 aromatic heterocycles. The molecule has 9 heteroatoms. The molecule has 37 heavy (non-hydrogen) atoms. The zero-order valence-electron chi connectivity index (χ0n) is 20.9. The van der Waals surface area contributed by atoms with Crippen molar-refractivity contribution in [3.8, 4) is 0 Å². The lowest BCUT2D eigenvalue weighted by atomic mass is 9.70. The number of anilines is 1. The van der Waals surface area contributed by atoms with Gasteiger partial charge in [0.15, 0.2) is 0 Å². The molecule has 196 valence electrons. The predicted molar refractivity (Wildman–Crippen MR) is 145 cm³/mol. The number of hydrogen-bond acceptors (Lipinski definition) is 5. The van der Waals surface area contributed by atoms with Crippen LogP contribution in [0.5, 0.6) is 0 Å². The minimum absolute atomic E-state index is 0.0238. The number of rotatable bonds is 8. The van der Waals surface area contributed by atoms with E-state index in [1.54, 1.807) is 40.9 Å². The molecule has 2 aromatic carbocycles. The minimum Gasteiger partial charge on any atom is -0.394 e. The van der Waals surface area contributed by atoms with E-state index in [1.165, 1.54) is 0 Å². The van der Waals surface area contributed by atoms with E-state index >= 15 is 0 Å². The number of fused-ring (bicyclic) bond motifs is 1. The number of benzene rings is 2. The molecule has 0 radical (unpaired) electrons. The van der Waals surface area contributed by atoms with E-state index in [1.807, 2.05) is 44.2 Å². The van der Waals surface area contributed by atoms with Gasteiger partial charge in [-0.15, -0.1) is 11.8 Å². The van der Waals surface area contributed by atoms with E-state index in [2.05, 4.69) is 10.6 Å². The fourth-order valence-corrected chi connectivity index (χ4v) is 8.65. The summed E-state index contributed by atoms with van der Waals surface area (Å²) in [7, 11) is 0. The van der Waals surface area contributed by atoms with Crippen molar-refractivity contribution < 1.29 is 19.5 Å². The highest BCUT2D eigenvalue weighted by atomic mass is 35.5. The number of carbonyl (C=O) groups is 3. The largest absolute Gasteiger partial charge is 0.394 e. The van der Waals surface area contributed by atoms with Crippen LogP contribution >= 0.6 is 23.4 Å². The summed E-state index contributed by atoms with van der Waals surface area (Å²) in [5.41, 5.74) is 1.57. The molecule has 0 saturated carbocycles. The molecule has 3 aliphatic rings. The molecule has 3 amide bonds. The lowest BCUT2D eigenvalue weighted by Gasteiger charge is -2.38. The summed E-state index contributed by atoms with van der Waals surface area (Å²) in [6.07, 6.45) is 1.44. The third-order valence-corrected chi connectivity index (χ3v) is 10.2. The average molecular weight is 542 g/mol. The Kier molecular flexibility index (Phi) is 7.27. The standard InChI is InChI=1S/C28H32ClN3O4S/c1-16(2)20(15-33)32-24(26(35)31-19-10-8-18(29)9-11-19)28-13-12-21(37-28)22(23(28)27(32)36)25(34)30-14-17-6-4-3-5-7-17/h3-11,16,20-24,33H,12-15H2,1-2H3,(H,30,34)(H,31,35)/t20-,21-,22+,23-,24?,28?/m0/s1. The van der Waals surface area contributed by atoms with Crippen molar-refractivity contribution in [3.63, 3.8) is 0 Å². The number of nitrogens with zero attached hydrogens (tertiary/aromatic N) is 1.